The minimum Gasteiger partial charge on any atom is -0.508 e. The normalized spacial score (nSPS) is 16.6. The van der Waals surface area contributed by atoms with E-state index >= 15 is 0 Å². The smallest absolute Gasteiger partial charge is 0.410 e. The molecule has 0 unspecified atom stereocenters. The lowest BCUT2D eigenvalue weighted by atomic mass is 10.0. The van der Waals surface area contributed by atoms with Crippen LogP contribution in [-0.4, -0.2) is 86.8 Å². The largest absolute Gasteiger partial charge is 0.508 e. The number of hydrogen-bond donors (Lipinski definition) is 7. The average molecular weight is 595 g/mol. The molecule has 1 saturated heterocycles. The van der Waals surface area contributed by atoms with E-state index in [1.165, 1.54) is 22.5 Å². The Kier molecular flexibility index (Phi) is 12.3. The number of benzene rings is 1. The SMILES string of the molecule is CC(C)(C)OC(=O)N1CCC[C@H]1C(=O)N[C@@H](Cc1ccc(O)cc1)C(=O)N[C@@H](CCCN=C(N)N[N+](=O)[O-])C(=O)NO. The van der Waals surface area contributed by atoms with Crippen LogP contribution in [0.5, 0.6) is 5.75 Å². The van der Waals surface area contributed by atoms with Crippen LogP contribution in [0.3, 0.4) is 0 Å². The van der Waals surface area contributed by atoms with Crippen molar-refractivity contribution in [2.24, 2.45) is 10.7 Å². The van der Waals surface area contributed by atoms with E-state index in [4.69, 9.17) is 10.5 Å². The van der Waals surface area contributed by atoms with E-state index in [0.29, 0.717) is 24.9 Å². The number of nitrogens with one attached hydrogen (secondary N) is 4. The summed E-state index contributed by atoms with van der Waals surface area (Å²) >= 11 is 0. The molecule has 1 aliphatic rings. The quantitative estimate of drug-likeness (QED) is 0.0412. The van der Waals surface area contributed by atoms with Crippen LogP contribution in [0.1, 0.15) is 52.0 Å². The highest BCUT2D eigenvalue weighted by Crippen LogP contribution is 2.21. The van der Waals surface area contributed by atoms with Gasteiger partial charge in [0.15, 0.2) is 5.03 Å². The molecule has 1 fully saturated rings. The van der Waals surface area contributed by atoms with Gasteiger partial charge in [-0.15, -0.1) is 0 Å². The third kappa shape index (κ3) is 11.1. The third-order valence-electron chi connectivity index (χ3n) is 6.07. The molecular weight excluding hydrogens is 556 g/mol. The van der Waals surface area contributed by atoms with Gasteiger partial charge in [0.25, 0.3) is 11.9 Å². The first kappa shape index (κ1) is 33.5. The summed E-state index contributed by atoms with van der Waals surface area (Å²) in [5.41, 5.74) is 8.31. The minimum atomic E-state index is -1.26. The summed E-state index contributed by atoms with van der Waals surface area (Å²) in [5, 5.41) is 33.5. The molecule has 0 aromatic heterocycles. The molecule has 0 saturated carbocycles. The summed E-state index contributed by atoms with van der Waals surface area (Å²) in [6.07, 6.45) is 0.315. The van der Waals surface area contributed by atoms with Crippen molar-refractivity contribution in [3.05, 3.63) is 39.9 Å². The molecule has 3 atom stereocenters. The fourth-order valence-electron chi connectivity index (χ4n) is 4.17. The maximum absolute atomic E-state index is 13.4. The van der Waals surface area contributed by atoms with E-state index in [0.717, 1.165) is 0 Å². The Morgan fingerprint density at radius 2 is 1.83 bits per heavy atom. The number of ether oxygens (including phenoxy) is 1. The van der Waals surface area contributed by atoms with E-state index in [-0.39, 0.29) is 31.6 Å². The van der Waals surface area contributed by atoms with Gasteiger partial charge in [0, 0.05) is 19.5 Å². The number of phenols is 1. The van der Waals surface area contributed by atoms with E-state index in [9.17, 15) is 39.6 Å². The maximum atomic E-state index is 13.4. The van der Waals surface area contributed by atoms with Crippen LogP contribution in [0.25, 0.3) is 0 Å². The number of hydrazine groups is 1. The molecular formula is C25H38N8O9. The average Bonchev–Trinajstić information content (AvgIpc) is 3.40. The molecule has 17 nitrogen and oxygen atoms in total. The Balaban J connectivity index is 2.18. The van der Waals surface area contributed by atoms with Crippen molar-refractivity contribution in [1.82, 2.24) is 26.4 Å². The zero-order chi connectivity index (χ0) is 31.4. The lowest BCUT2D eigenvalue weighted by Gasteiger charge is -2.29. The Bertz CT molecular complexity index is 1150. The number of aliphatic imine (C=N–C) groups is 1. The number of amides is 4. The Morgan fingerprint density at radius 3 is 2.43 bits per heavy atom. The molecule has 0 aliphatic carbocycles. The molecule has 1 aromatic carbocycles. The highest BCUT2D eigenvalue weighted by Gasteiger charge is 2.38. The molecule has 232 valence electrons. The first-order valence-electron chi connectivity index (χ1n) is 13.2. The summed E-state index contributed by atoms with van der Waals surface area (Å²) in [7, 11) is 0. The van der Waals surface area contributed by atoms with E-state index in [1.54, 1.807) is 38.3 Å². The molecule has 8 N–H and O–H groups in total. The van der Waals surface area contributed by atoms with Gasteiger partial charge in [-0.2, -0.15) is 0 Å². The van der Waals surface area contributed by atoms with Crippen molar-refractivity contribution in [3.63, 3.8) is 0 Å². The maximum Gasteiger partial charge on any atom is 0.410 e. The predicted octanol–water partition coefficient (Wildman–Crippen LogP) is -0.315. The highest BCUT2D eigenvalue weighted by atomic mass is 16.7. The van der Waals surface area contributed by atoms with Crippen LogP contribution in [0.2, 0.25) is 0 Å². The highest BCUT2D eigenvalue weighted by molar-refractivity contribution is 5.94. The van der Waals surface area contributed by atoms with Gasteiger partial charge in [0.1, 0.15) is 29.5 Å². The molecule has 1 aromatic rings. The fourth-order valence-corrected chi connectivity index (χ4v) is 4.17. The van der Waals surface area contributed by atoms with Crippen molar-refractivity contribution in [2.75, 3.05) is 13.1 Å². The summed E-state index contributed by atoms with van der Waals surface area (Å²) in [6, 6.07) is 2.59. The van der Waals surface area contributed by atoms with Crippen LogP contribution in [-0.2, 0) is 25.5 Å². The van der Waals surface area contributed by atoms with Crippen LogP contribution in [0.4, 0.5) is 4.79 Å². The van der Waals surface area contributed by atoms with Crippen LogP contribution in [0.15, 0.2) is 29.3 Å². The number of rotatable bonds is 12. The number of aromatic hydroxyl groups is 1. The Morgan fingerprint density at radius 1 is 1.17 bits per heavy atom. The topological polar surface area (TPSA) is 251 Å². The molecule has 0 bridgehead atoms. The predicted molar refractivity (Wildman–Crippen MR) is 147 cm³/mol. The van der Waals surface area contributed by atoms with Crippen LogP contribution >= 0.6 is 0 Å². The Labute approximate surface area is 241 Å². The number of carbonyl (C=O) groups excluding carboxylic acids is 4. The second-order valence-electron chi connectivity index (χ2n) is 10.6. The number of nitrogens with two attached hydrogens (primary N) is 1. The van der Waals surface area contributed by atoms with Crippen molar-refractivity contribution in [2.45, 2.75) is 76.6 Å². The molecule has 1 aliphatic heterocycles. The number of likely N-dealkylation sites (tertiary alicyclic amines) is 1. The zero-order valence-electron chi connectivity index (χ0n) is 23.7. The van der Waals surface area contributed by atoms with Crippen molar-refractivity contribution in [3.8, 4) is 5.75 Å². The van der Waals surface area contributed by atoms with Gasteiger partial charge in [-0.05, 0) is 64.2 Å². The molecule has 1 heterocycles. The summed E-state index contributed by atoms with van der Waals surface area (Å²) in [4.78, 5) is 67.2. The summed E-state index contributed by atoms with van der Waals surface area (Å²) in [5.74, 6) is -2.74. The molecule has 0 spiro atoms. The lowest BCUT2D eigenvalue weighted by molar-refractivity contribution is -0.525. The number of nitro groups is 1. The summed E-state index contributed by atoms with van der Waals surface area (Å²) < 4.78 is 5.41. The lowest BCUT2D eigenvalue weighted by Crippen LogP contribution is -2.57. The molecule has 2 rings (SSSR count). The molecule has 0 radical (unpaired) electrons. The number of carbonyl (C=O) groups is 4. The van der Waals surface area contributed by atoms with E-state index in [1.807, 2.05) is 0 Å². The van der Waals surface area contributed by atoms with E-state index < -0.39 is 58.5 Å². The standard InChI is InChI=1S/C25H38N8O9/c1-25(2,3)42-24(38)32-13-5-7-19(32)22(37)29-18(14-15-8-10-16(34)11-9-15)20(35)28-17(21(36)31-39)6-4-12-27-23(26)30-33(40)41/h8-11,17-19,34,39H,4-7,12-14H2,1-3H3,(H,28,35)(H,29,37)(H,31,36)(H3,26,27,30)/t17-,18-,19-/m0/s1. The number of nitrogens with zero attached hydrogens (tertiary/aromatic N) is 3. The van der Waals surface area contributed by atoms with Gasteiger partial charge < -0.3 is 26.2 Å². The van der Waals surface area contributed by atoms with Crippen molar-refractivity contribution >= 4 is 29.8 Å². The van der Waals surface area contributed by atoms with Gasteiger partial charge in [0.2, 0.25) is 11.8 Å². The third-order valence-corrected chi connectivity index (χ3v) is 6.07. The van der Waals surface area contributed by atoms with Crippen molar-refractivity contribution in [1.29, 1.82) is 0 Å². The number of phenolic OH excluding ortho intramolecular Hbond substituents is 1. The van der Waals surface area contributed by atoms with Crippen LogP contribution in [0, 0.1) is 10.1 Å². The molecule has 4 amide bonds. The fraction of sp³-hybridized carbons (Fsp3) is 0.560. The van der Waals surface area contributed by atoms with Crippen LogP contribution < -0.4 is 27.3 Å². The van der Waals surface area contributed by atoms with Gasteiger partial charge in [-0.25, -0.2) is 25.4 Å². The number of guanidine groups is 1. The van der Waals surface area contributed by atoms with Crippen molar-refractivity contribution < 1.29 is 39.3 Å². The van der Waals surface area contributed by atoms with Gasteiger partial charge >= 0.3 is 6.09 Å². The van der Waals surface area contributed by atoms with Gasteiger partial charge in [-0.3, -0.25) is 24.5 Å². The second kappa shape index (κ2) is 15.4. The zero-order valence-corrected chi connectivity index (χ0v) is 23.7. The van der Waals surface area contributed by atoms with E-state index in [2.05, 4.69) is 15.6 Å². The van der Waals surface area contributed by atoms with Gasteiger partial charge in [-0.1, -0.05) is 17.6 Å². The number of hydrogen-bond acceptors (Lipinski definition) is 10. The Hall–Kier alpha value is -4.67. The first-order valence-corrected chi connectivity index (χ1v) is 13.2. The molecule has 42 heavy (non-hydrogen) atoms. The minimum absolute atomic E-state index is 0.000802. The number of hydroxylamine groups is 1. The van der Waals surface area contributed by atoms with Gasteiger partial charge in [0.05, 0.1) is 0 Å². The second-order valence-corrected chi connectivity index (χ2v) is 10.6. The summed E-state index contributed by atoms with van der Waals surface area (Å²) in [6.45, 7) is 5.38. The monoisotopic (exact) mass is 594 g/mol. The first-order chi connectivity index (χ1) is 19.7. The molecule has 17 heteroatoms.